The van der Waals surface area contributed by atoms with Gasteiger partial charge in [-0.25, -0.2) is 0 Å². The van der Waals surface area contributed by atoms with Crippen molar-refractivity contribution in [2.45, 2.75) is 51.6 Å². The van der Waals surface area contributed by atoms with Crippen molar-refractivity contribution < 1.29 is 10.2 Å². The fraction of sp³-hybridized carbons (Fsp3) is 0.571. The second-order valence-corrected chi connectivity index (χ2v) is 5.79. The SMILES string of the molecule is CC(O)Cc1c(O)c(Br)cc2c1CCCCC2. The Labute approximate surface area is 111 Å². The number of phenols is 1. The van der Waals surface area contributed by atoms with E-state index in [0.717, 1.165) is 22.9 Å². The smallest absolute Gasteiger partial charge is 0.133 e. The molecule has 2 nitrogen and oxygen atoms in total. The molecule has 2 rings (SSSR count). The van der Waals surface area contributed by atoms with Crippen molar-refractivity contribution >= 4 is 15.9 Å². The summed E-state index contributed by atoms with van der Waals surface area (Å²) in [5.41, 5.74) is 3.54. The van der Waals surface area contributed by atoms with E-state index in [1.807, 2.05) is 6.07 Å². The van der Waals surface area contributed by atoms with Gasteiger partial charge in [0.1, 0.15) is 5.75 Å². The lowest BCUT2D eigenvalue weighted by molar-refractivity contribution is 0.194. The molecule has 1 atom stereocenters. The summed E-state index contributed by atoms with van der Waals surface area (Å²) in [6.45, 7) is 1.77. The minimum Gasteiger partial charge on any atom is -0.506 e. The number of rotatable bonds is 2. The van der Waals surface area contributed by atoms with Crippen LogP contribution >= 0.6 is 15.9 Å². The molecule has 0 aromatic heterocycles. The highest BCUT2D eigenvalue weighted by Crippen LogP contribution is 2.36. The van der Waals surface area contributed by atoms with E-state index in [2.05, 4.69) is 15.9 Å². The van der Waals surface area contributed by atoms with Gasteiger partial charge in [0.15, 0.2) is 0 Å². The van der Waals surface area contributed by atoms with E-state index in [9.17, 15) is 10.2 Å². The maximum Gasteiger partial charge on any atom is 0.133 e. The molecule has 0 spiro atoms. The first kappa shape index (κ1) is 12.9. The first-order chi connectivity index (χ1) is 8.09. The lowest BCUT2D eigenvalue weighted by Crippen LogP contribution is -2.09. The van der Waals surface area contributed by atoms with Gasteiger partial charge in [-0.2, -0.15) is 0 Å². The lowest BCUT2D eigenvalue weighted by atomic mass is 9.93. The molecule has 1 aromatic carbocycles. The van der Waals surface area contributed by atoms with E-state index in [4.69, 9.17) is 0 Å². The van der Waals surface area contributed by atoms with Crippen molar-refractivity contribution in [3.05, 3.63) is 27.2 Å². The van der Waals surface area contributed by atoms with Crippen molar-refractivity contribution in [1.29, 1.82) is 0 Å². The Balaban J connectivity index is 2.49. The molecule has 0 radical (unpaired) electrons. The van der Waals surface area contributed by atoms with Gasteiger partial charge < -0.3 is 10.2 Å². The minimum absolute atomic E-state index is 0.312. The Morgan fingerprint density at radius 3 is 2.71 bits per heavy atom. The molecular weight excluding hydrogens is 280 g/mol. The van der Waals surface area contributed by atoms with Crippen LogP contribution in [0.2, 0.25) is 0 Å². The monoisotopic (exact) mass is 298 g/mol. The maximum absolute atomic E-state index is 10.1. The van der Waals surface area contributed by atoms with Crippen LogP contribution in [0.5, 0.6) is 5.75 Å². The predicted octanol–water partition coefficient (Wildman–Crippen LogP) is 3.35. The number of aryl methyl sites for hydroxylation is 1. The number of halogens is 1. The topological polar surface area (TPSA) is 40.5 Å². The molecule has 0 amide bonds. The zero-order valence-electron chi connectivity index (χ0n) is 10.2. The van der Waals surface area contributed by atoms with Crippen molar-refractivity contribution in [2.24, 2.45) is 0 Å². The molecule has 1 aliphatic carbocycles. The van der Waals surface area contributed by atoms with Crippen LogP contribution in [0.1, 0.15) is 42.9 Å². The zero-order chi connectivity index (χ0) is 12.4. The molecule has 2 N–H and O–H groups in total. The van der Waals surface area contributed by atoms with Gasteiger partial charge in [-0.3, -0.25) is 0 Å². The van der Waals surface area contributed by atoms with Gasteiger partial charge in [0.25, 0.3) is 0 Å². The average molecular weight is 299 g/mol. The Morgan fingerprint density at radius 2 is 2.00 bits per heavy atom. The third-order valence-corrected chi connectivity index (χ3v) is 4.04. The van der Waals surface area contributed by atoms with Crippen molar-refractivity contribution in [2.75, 3.05) is 0 Å². The van der Waals surface area contributed by atoms with E-state index in [0.29, 0.717) is 12.2 Å². The van der Waals surface area contributed by atoms with Crippen LogP contribution in [0.25, 0.3) is 0 Å². The lowest BCUT2D eigenvalue weighted by Gasteiger charge is -2.17. The molecule has 17 heavy (non-hydrogen) atoms. The largest absolute Gasteiger partial charge is 0.506 e. The third kappa shape index (κ3) is 2.83. The molecular formula is C14H19BrO2. The highest BCUT2D eigenvalue weighted by molar-refractivity contribution is 9.10. The molecule has 0 saturated heterocycles. The fourth-order valence-electron chi connectivity index (χ4n) is 2.63. The number of aliphatic hydroxyl groups is 1. The van der Waals surface area contributed by atoms with E-state index in [1.54, 1.807) is 6.92 Å². The molecule has 0 bridgehead atoms. The third-order valence-electron chi connectivity index (χ3n) is 3.44. The number of aliphatic hydroxyl groups excluding tert-OH is 1. The predicted molar refractivity (Wildman–Crippen MR) is 72.5 cm³/mol. The number of hydrogen-bond donors (Lipinski definition) is 2. The van der Waals surface area contributed by atoms with Crippen molar-refractivity contribution in [3.8, 4) is 5.75 Å². The maximum atomic E-state index is 10.1. The van der Waals surface area contributed by atoms with E-state index in [1.165, 1.54) is 30.4 Å². The summed E-state index contributed by atoms with van der Waals surface area (Å²) in [5.74, 6) is 0.312. The van der Waals surface area contributed by atoms with Crippen LogP contribution in [0.15, 0.2) is 10.5 Å². The summed E-state index contributed by atoms with van der Waals surface area (Å²) < 4.78 is 0.758. The zero-order valence-corrected chi connectivity index (χ0v) is 11.8. The Bertz CT molecular complexity index is 413. The highest BCUT2D eigenvalue weighted by Gasteiger charge is 2.19. The fourth-order valence-corrected chi connectivity index (χ4v) is 3.15. The van der Waals surface area contributed by atoms with Crippen LogP contribution in [-0.4, -0.2) is 16.3 Å². The first-order valence-corrected chi connectivity index (χ1v) is 7.09. The summed E-state index contributed by atoms with van der Waals surface area (Å²) in [7, 11) is 0. The summed E-state index contributed by atoms with van der Waals surface area (Å²) in [5, 5.41) is 19.7. The van der Waals surface area contributed by atoms with Gasteiger partial charge in [0, 0.05) is 12.0 Å². The van der Waals surface area contributed by atoms with Crippen LogP contribution in [-0.2, 0) is 19.3 Å². The number of fused-ring (bicyclic) bond motifs is 1. The van der Waals surface area contributed by atoms with Crippen LogP contribution in [0.4, 0.5) is 0 Å². The quantitative estimate of drug-likeness (QED) is 0.822. The van der Waals surface area contributed by atoms with E-state index in [-0.39, 0.29) is 0 Å². The Hall–Kier alpha value is -0.540. The summed E-state index contributed by atoms with van der Waals surface area (Å²) in [4.78, 5) is 0. The normalized spacial score (nSPS) is 17.4. The molecule has 0 aliphatic heterocycles. The van der Waals surface area contributed by atoms with Crippen LogP contribution in [0.3, 0.4) is 0 Å². The standard InChI is InChI=1S/C14H19BrO2/c1-9(16)7-12-11-6-4-2-3-5-10(11)8-13(15)14(12)17/h8-9,16-17H,2-7H2,1H3. The van der Waals surface area contributed by atoms with Crippen LogP contribution in [0, 0.1) is 0 Å². The van der Waals surface area contributed by atoms with Crippen molar-refractivity contribution in [1.82, 2.24) is 0 Å². The molecule has 3 heteroatoms. The van der Waals surface area contributed by atoms with Crippen molar-refractivity contribution in [3.63, 3.8) is 0 Å². The van der Waals surface area contributed by atoms with E-state index < -0.39 is 6.10 Å². The van der Waals surface area contributed by atoms with Crippen LogP contribution < -0.4 is 0 Å². The van der Waals surface area contributed by atoms with Gasteiger partial charge in [-0.05, 0) is 65.7 Å². The minimum atomic E-state index is -0.414. The number of benzene rings is 1. The summed E-state index contributed by atoms with van der Waals surface area (Å²) >= 11 is 3.41. The molecule has 1 aromatic rings. The van der Waals surface area contributed by atoms with Gasteiger partial charge in [0.2, 0.25) is 0 Å². The van der Waals surface area contributed by atoms with Gasteiger partial charge in [-0.1, -0.05) is 6.42 Å². The Morgan fingerprint density at radius 1 is 1.29 bits per heavy atom. The summed E-state index contributed by atoms with van der Waals surface area (Å²) in [6, 6.07) is 2.04. The van der Waals surface area contributed by atoms with Gasteiger partial charge in [-0.15, -0.1) is 0 Å². The average Bonchev–Trinajstić information content (AvgIpc) is 2.49. The number of hydrogen-bond acceptors (Lipinski definition) is 2. The highest BCUT2D eigenvalue weighted by atomic mass is 79.9. The molecule has 94 valence electrons. The van der Waals surface area contributed by atoms with Gasteiger partial charge >= 0.3 is 0 Å². The second kappa shape index (κ2) is 5.40. The molecule has 0 saturated carbocycles. The number of phenolic OH excluding ortho intramolecular Hbond substituents is 1. The Kier molecular flexibility index (Phi) is 4.10. The second-order valence-electron chi connectivity index (χ2n) is 4.94. The molecule has 1 aliphatic rings. The molecule has 0 fully saturated rings. The number of aromatic hydroxyl groups is 1. The molecule has 1 unspecified atom stereocenters. The summed E-state index contributed by atoms with van der Waals surface area (Å²) in [6.07, 6.45) is 5.88. The van der Waals surface area contributed by atoms with Gasteiger partial charge in [0.05, 0.1) is 10.6 Å². The van der Waals surface area contributed by atoms with E-state index >= 15 is 0 Å². The first-order valence-electron chi connectivity index (χ1n) is 6.29. The molecule has 0 heterocycles.